The fourth-order valence-corrected chi connectivity index (χ4v) is 2.23. The van der Waals surface area contributed by atoms with Gasteiger partial charge in [0.2, 0.25) is 0 Å². The highest BCUT2D eigenvalue weighted by Gasteiger charge is 2.15. The minimum atomic E-state index is -0.925. The fourth-order valence-electron chi connectivity index (χ4n) is 1.25. The maximum atomic E-state index is 11.6. The average molecular weight is 221 g/mol. The van der Waals surface area contributed by atoms with E-state index >= 15 is 0 Å². The first-order valence-corrected chi connectivity index (χ1v) is 6.35. The van der Waals surface area contributed by atoms with Crippen LogP contribution in [0.4, 0.5) is 0 Å². The molecule has 2 unspecified atom stereocenters. The molecule has 0 aliphatic heterocycles. The SMILES string of the molecule is CC(C)S(=O)CC(C#N)c1ccccc1. The van der Waals surface area contributed by atoms with Crippen LogP contribution in [0.3, 0.4) is 0 Å². The molecule has 1 aromatic rings. The van der Waals surface area contributed by atoms with Crippen LogP contribution in [0.1, 0.15) is 25.3 Å². The average Bonchev–Trinajstić information content (AvgIpc) is 2.26. The Balaban J connectivity index is 2.75. The lowest BCUT2D eigenvalue weighted by Crippen LogP contribution is -2.15. The van der Waals surface area contributed by atoms with Crippen LogP contribution >= 0.6 is 0 Å². The lowest BCUT2D eigenvalue weighted by atomic mass is 10.0. The Morgan fingerprint density at radius 2 is 1.93 bits per heavy atom. The number of rotatable bonds is 4. The normalized spacial score (nSPS) is 14.5. The van der Waals surface area contributed by atoms with Crippen molar-refractivity contribution in [2.24, 2.45) is 0 Å². The van der Waals surface area contributed by atoms with Gasteiger partial charge in [0, 0.05) is 21.8 Å². The monoisotopic (exact) mass is 221 g/mol. The first-order valence-electron chi connectivity index (χ1n) is 4.97. The smallest absolute Gasteiger partial charge is 0.0827 e. The lowest BCUT2D eigenvalue weighted by molar-refractivity contribution is 0.674. The molecule has 0 bridgehead atoms. The van der Waals surface area contributed by atoms with Crippen molar-refractivity contribution in [2.75, 3.05) is 5.75 Å². The van der Waals surface area contributed by atoms with E-state index in [2.05, 4.69) is 6.07 Å². The van der Waals surface area contributed by atoms with E-state index in [1.165, 1.54) is 0 Å². The molecule has 0 saturated heterocycles. The zero-order valence-electron chi connectivity index (χ0n) is 9.01. The fraction of sp³-hybridized carbons (Fsp3) is 0.417. The van der Waals surface area contributed by atoms with E-state index in [-0.39, 0.29) is 11.2 Å². The quantitative estimate of drug-likeness (QED) is 0.783. The third-order valence-corrected chi connectivity index (χ3v) is 3.93. The van der Waals surface area contributed by atoms with Gasteiger partial charge < -0.3 is 0 Å². The van der Waals surface area contributed by atoms with Crippen molar-refractivity contribution in [3.8, 4) is 6.07 Å². The van der Waals surface area contributed by atoms with Gasteiger partial charge in [0.25, 0.3) is 0 Å². The molecular formula is C12H15NOS. The zero-order chi connectivity index (χ0) is 11.3. The molecule has 15 heavy (non-hydrogen) atoms. The lowest BCUT2D eigenvalue weighted by Gasteiger charge is -2.10. The highest BCUT2D eigenvalue weighted by molar-refractivity contribution is 7.85. The Hall–Kier alpha value is -1.14. The van der Waals surface area contributed by atoms with Crippen LogP contribution in [-0.2, 0) is 10.8 Å². The van der Waals surface area contributed by atoms with E-state index in [0.717, 1.165) is 5.56 Å². The Labute approximate surface area is 93.4 Å². The molecule has 0 spiro atoms. The van der Waals surface area contributed by atoms with Crippen LogP contribution in [0.15, 0.2) is 30.3 Å². The summed E-state index contributed by atoms with van der Waals surface area (Å²) < 4.78 is 11.6. The first kappa shape index (κ1) is 11.9. The van der Waals surface area contributed by atoms with Crippen molar-refractivity contribution in [3.05, 3.63) is 35.9 Å². The number of nitriles is 1. The molecule has 3 heteroatoms. The Morgan fingerprint density at radius 3 is 2.40 bits per heavy atom. The van der Waals surface area contributed by atoms with Crippen LogP contribution in [0.25, 0.3) is 0 Å². The molecule has 0 radical (unpaired) electrons. The van der Waals surface area contributed by atoms with Crippen molar-refractivity contribution in [1.29, 1.82) is 5.26 Å². The van der Waals surface area contributed by atoms with E-state index < -0.39 is 10.8 Å². The van der Waals surface area contributed by atoms with Gasteiger partial charge in [-0.05, 0) is 5.56 Å². The molecule has 0 amide bonds. The number of benzene rings is 1. The van der Waals surface area contributed by atoms with E-state index in [0.29, 0.717) is 5.75 Å². The van der Waals surface area contributed by atoms with E-state index in [1.807, 2.05) is 44.2 Å². The van der Waals surface area contributed by atoms with Crippen LogP contribution in [-0.4, -0.2) is 15.2 Å². The predicted molar refractivity (Wildman–Crippen MR) is 62.9 cm³/mol. The summed E-state index contributed by atoms with van der Waals surface area (Å²) in [5.41, 5.74) is 0.953. The molecule has 1 rings (SSSR count). The molecule has 0 aliphatic carbocycles. The number of hydrogen-bond acceptors (Lipinski definition) is 2. The molecule has 0 fully saturated rings. The maximum absolute atomic E-state index is 11.6. The second kappa shape index (κ2) is 5.67. The van der Waals surface area contributed by atoms with Crippen LogP contribution < -0.4 is 0 Å². The minimum Gasteiger partial charge on any atom is -0.259 e. The highest BCUT2D eigenvalue weighted by Crippen LogP contribution is 2.16. The molecule has 80 valence electrons. The summed E-state index contributed by atoms with van der Waals surface area (Å²) in [5, 5.41) is 9.14. The van der Waals surface area contributed by atoms with Gasteiger partial charge in [-0.1, -0.05) is 44.2 Å². The van der Waals surface area contributed by atoms with Gasteiger partial charge in [-0.25, -0.2) is 0 Å². The van der Waals surface area contributed by atoms with Crippen molar-refractivity contribution >= 4 is 10.8 Å². The molecule has 0 saturated carbocycles. The molecule has 0 heterocycles. The Morgan fingerprint density at radius 1 is 1.33 bits per heavy atom. The van der Waals surface area contributed by atoms with Gasteiger partial charge in [0.05, 0.1) is 12.0 Å². The summed E-state index contributed by atoms with van der Waals surface area (Å²) in [6.45, 7) is 3.82. The van der Waals surface area contributed by atoms with E-state index in [1.54, 1.807) is 0 Å². The Bertz CT molecular complexity index is 367. The van der Waals surface area contributed by atoms with Gasteiger partial charge in [-0.2, -0.15) is 5.26 Å². The molecule has 2 atom stereocenters. The first-order chi connectivity index (χ1) is 7.15. The highest BCUT2D eigenvalue weighted by atomic mass is 32.2. The minimum absolute atomic E-state index is 0.115. The van der Waals surface area contributed by atoms with Gasteiger partial charge in [-0.15, -0.1) is 0 Å². The molecule has 0 N–H and O–H groups in total. The maximum Gasteiger partial charge on any atom is 0.0827 e. The number of hydrogen-bond donors (Lipinski definition) is 0. The molecule has 0 aromatic heterocycles. The van der Waals surface area contributed by atoms with Crippen molar-refractivity contribution in [1.82, 2.24) is 0 Å². The van der Waals surface area contributed by atoms with Gasteiger partial charge in [0.15, 0.2) is 0 Å². The molecule has 0 aliphatic rings. The topological polar surface area (TPSA) is 40.9 Å². The predicted octanol–water partition coefficient (Wildman–Crippen LogP) is 2.45. The van der Waals surface area contributed by atoms with E-state index in [4.69, 9.17) is 5.26 Å². The van der Waals surface area contributed by atoms with Crippen LogP contribution in [0.5, 0.6) is 0 Å². The molecule has 2 nitrogen and oxygen atoms in total. The van der Waals surface area contributed by atoms with Crippen molar-refractivity contribution in [3.63, 3.8) is 0 Å². The summed E-state index contributed by atoms with van der Waals surface area (Å²) >= 11 is 0. The van der Waals surface area contributed by atoms with Crippen molar-refractivity contribution < 1.29 is 4.21 Å². The standard InChI is InChI=1S/C12H15NOS/c1-10(2)15(14)9-12(8-13)11-6-4-3-5-7-11/h3-7,10,12H,9H2,1-2H3. The zero-order valence-corrected chi connectivity index (χ0v) is 9.83. The van der Waals surface area contributed by atoms with Gasteiger partial charge >= 0.3 is 0 Å². The third-order valence-electron chi connectivity index (χ3n) is 2.21. The third kappa shape index (κ3) is 3.49. The summed E-state index contributed by atoms with van der Waals surface area (Å²) in [4.78, 5) is 0. The molecule has 1 aromatic carbocycles. The second-order valence-corrected chi connectivity index (χ2v) is 5.73. The number of nitrogens with zero attached hydrogens (tertiary/aromatic N) is 1. The summed E-state index contributed by atoms with van der Waals surface area (Å²) in [6.07, 6.45) is 0. The van der Waals surface area contributed by atoms with Crippen LogP contribution in [0.2, 0.25) is 0 Å². The van der Waals surface area contributed by atoms with Crippen molar-refractivity contribution in [2.45, 2.75) is 25.0 Å². The summed E-state index contributed by atoms with van der Waals surface area (Å²) in [5.74, 6) is 0.174. The van der Waals surface area contributed by atoms with Gasteiger partial charge in [0.1, 0.15) is 0 Å². The largest absolute Gasteiger partial charge is 0.259 e. The van der Waals surface area contributed by atoms with E-state index in [9.17, 15) is 4.21 Å². The van der Waals surface area contributed by atoms with Crippen LogP contribution in [0, 0.1) is 11.3 Å². The van der Waals surface area contributed by atoms with Gasteiger partial charge in [-0.3, -0.25) is 4.21 Å². The Kier molecular flexibility index (Phi) is 4.51. The summed E-state index contributed by atoms with van der Waals surface area (Å²) in [6, 6.07) is 11.7. The molecular weight excluding hydrogens is 206 g/mol. The second-order valence-electron chi connectivity index (χ2n) is 3.69. The summed E-state index contributed by atoms with van der Waals surface area (Å²) in [7, 11) is -0.925.